The summed E-state index contributed by atoms with van der Waals surface area (Å²) in [7, 11) is -1.24. The molecule has 1 atom stereocenters. The topological polar surface area (TPSA) is 26.3 Å². The van der Waals surface area contributed by atoms with Gasteiger partial charge >= 0.3 is 5.97 Å². The molecule has 0 bridgehead atoms. The molecular formula is C10H22O2Si. The van der Waals surface area contributed by atoms with Gasteiger partial charge in [-0.15, -0.1) is 0 Å². The van der Waals surface area contributed by atoms with Crippen molar-refractivity contribution in [3.63, 3.8) is 0 Å². The minimum absolute atomic E-state index is 0.0244. The maximum Gasteiger partial charge on any atom is 0.308 e. The molecule has 13 heavy (non-hydrogen) atoms. The lowest BCUT2D eigenvalue weighted by molar-refractivity contribution is -0.147. The smallest absolute Gasteiger partial charge is 0.308 e. The van der Waals surface area contributed by atoms with E-state index in [1.165, 1.54) is 0 Å². The molecule has 0 N–H and O–H groups in total. The zero-order valence-corrected chi connectivity index (χ0v) is 10.7. The molecule has 0 aliphatic heterocycles. The molecule has 0 aromatic rings. The van der Waals surface area contributed by atoms with Crippen LogP contribution >= 0.6 is 0 Å². The average molecular weight is 202 g/mol. The number of carbonyl (C=O) groups is 1. The van der Waals surface area contributed by atoms with Crippen LogP contribution in [0.3, 0.4) is 0 Å². The van der Waals surface area contributed by atoms with E-state index in [1.807, 2.05) is 20.8 Å². The molecule has 0 spiro atoms. The van der Waals surface area contributed by atoms with Gasteiger partial charge in [0.25, 0.3) is 0 Å². The summed E-state index contributed by atoms with van der Waals surface area (Å²) in [5, 5.41) is 0. The molecular weight excluding hydrogens is 180 g/mol. The molecule has 0 saturated carbocycles. The van der Waals surface area contributed by atoms with Gasteiger partial charge in [-0.25, -0.2) is 0 Å². The van der Waals surface area contributed by atoms with Gasteiger partial charge in [-0.2, -0.15) is 0 Å². The first-order valence-electron chi connectivity index (χ1n) is 4.90. The third-order valence-electron chi connectivity index (χ3n) is 2.02. The Kier molecular flexibility index (Phi) is 4.68. The average Bonchev–Trinajstić information content (AvgIpc) is 1.97. The second-order valence-corrected chi connectivity index (χ2v) is 10.6. The predicted octanol–water partition coefficient (Wildman–Crippen LogP) is 2.70. The number of rotatable bonds is 4. The summed E-state index contributed by atoms with van der Waals surface area (Å²) < 4.78 is 5.25. The molecule has 0 amide bonds. The van der Waals surface area contributed by atoms with Crippen molar-refractivity contribution in [2.45, 2.75) is 40.4 Å². The summed E-state index contributed by atoms with van der Waals surface area (Å²) in [5.74, 6) is 0.350. The largest absolute Gasteiger partial charge is 0.469 e. The van der Waals surface area contributed by atoms with Gasteiger partial charge in [0, 0.05) is 0 Å². The molecule has 0 saturated heterocycles. The van der Waals surface area contributed by atoms with Crippen LogP contribution in [0, 0.1) is 11.8 Å². The summed E-state index contributed by atoms with van der Waals surface area (Å²) in [6.45, 7) is 12.6. The van der Waals surface area contributed by atoms with Crippen LogP contribution in [-0.2, 0) is 9.53 Å². The lowest BCUT2D eigenvalue weighted by atomic mass is 9.99. The molecule has 3 heteroatoms. The summed E-state index contributed by atoms with van der Waals surface area (Å²) in [5.41, 5.74) is 0. The highest BCUT2D eigenvalue weighted by atomic mass is 28.3. The second kappa shape index (κ2) is 4.79. The van der Waals surface area contributed by atoms with Crippen molar-refractivity contribution in [1.82, 2.24) is 0 Å². The summed E-state index contributed by atoms with van der Waals surface area (Å²) >= 11 is 0. The van der Waals surface area contributed by atoms with Crippen LogP contribution in [0.2, 0.25) is 19.6 Å². The Labute approximate surface area is 82.7 Å². The second-order valence-electron chi connectivity index (χ2n) is 5.20. The van der Waals surface area contributed by atoms with E-state index in [9.17, 15) is 4.79 Å². The fourth-order valence-corrected chi connectivity index (χ4v) is 1.27. The summed E-state index contributed by atoms with van der Waals surface area (Å²) in [6.07, 6.45) is 0.642. The SMILES string of the molecule is CC(C)C(C)C(=O)OC[Si](C)(C)C. The fourth-order valence-electron chi connectivity index (χ4n) is 0.691. The highest BCUT2D eigenvalue weighted by Gasteiger charge is 2.21. The van der Waals surface area contributed by atoms with Crippen LogP contribution in [-0.4, -0.2) is 20.3 Å². The van der Waals surface area contributed by atoms with Gasteiger partial charge < -0.3 is 4.74 Å². The van der Waals surface area contributed by atoms with Gasteiger partial charge in [0.1, 0.15) is 0 Å². The molecule has 2 nitrogen and oxygen atoms in total. The fraction of sp³-hybridized carbons (Fsp3) is 0.900. The third kappa shape index (κ3) is 5.85. The van der Waals surface area contributed by atoms with Crippen molar-refractivity contribution in [3.05, 3.63) is 0 Å². The van der Waals surface area contributed by atoms with Crippen LogP contribution in [0.4, 0.5) is 0 Å². The first-order chi connectivity index (χ1) is 5.74. The molecule has 0 aliphatic rings. The zero-order chi connectivity index (χ0) is 10.6. The normalized spacial score (nSPS) is 14.4. The Morgan fingerprint density at radius 2 is 1.69 bits per heavy atom. The minimum atomic E-state index is -1.24. The first-order valence-corrected chi connectivity index (χ1v) is 8.61. The standard InChI is InChI=1S/C10H22O2Si/c1-8(2)9(3)10(11)12-7-13(4,5)6/h8-9H,7H2,1-6H3. The maximum absolute atomic E-state index is 11.4. The van der Waals surface area contributed by atoms with E-state index in [1.54, 1.807) is 0 Å². The van der Waals surface area contributed by atoms with Crippen molar-refractivity contribution in [1.29, 1.82) is 0 Å². The molecule has 0 radical (unpaired) electrons. The van der Waals surface area contributed by atoms with Gasteiger partial charge in [0.05, 0.1) is 20.2 Å². The Balaban J connectivity index is 3.89. The molecule has 0 heterocycles. The van der Waals surface area contributed by atoms with Crippen molar-refractivity contribution >= 4 is 14.0 Å². The Morgan fingerprint density at radius 3 is 2.00 bits per heavy atom. The maximum atomic E-state index is 11.4. The van der Waals surface area contributed by atoms with Crippen LogP contribution in [0.5, 0.6) is 0 Å². The van der Waals surface area contributed by atoms with Crippen molar-refractivity contribution in [2.75, 3.05) is 6.23 Å². The molecule has 78 valence electrons. The van der Waals surface area contributed by atoms with E-state index in [2.05, 4.69) is 19.6 Å². The van der Waals surface area contributed by atoms with Gasteiger partial charge in [-0.05, 0) is 5.92 Å². The molecule has 1 unspecified atom stereocenters. The highest BCUT2D eigenvalue weighted by molar-refractivity contribution is 6.76. The van der Waals surface area contributed by atoms with Gasteiger partial charge in [-0.1, -0.05) is 40.4 Å². The molecule has 0 rings (SSSR count). The lowest BCUT2D eigenvalue weighted by Crippen LogP contribution is -2.32. The van der Waals surface area contributed by atoms with E-state index < -0.39 is 8.07 Å². The lowest BCUT2D eigenvalue weighted by Gasteiger charge is -2.19. The Hall–Kier alpha value is -0.313. The van der Waals surface area contributed by atoms with E-state index in [4.69, 9.17) is 4.74 Å². The van der Waals surface area contributed by atoms with Gasteiger partial charge in [0.15, 0.2) is 0 Å². The quantitative estimate of drug-likeness (QED) is 0.517. The van der Waals surface area contributed by atoms with Crippen LogP contribution in [0.25, 0.3) is 0 Å². The zero-order valence-electron chi connectivity index (χ0n) is 9.68. The number of hydrogen-bond acceptors (Lipinski definition) is 2. The van der Waals surface area contributed by atoms with Crippen LogP contribution in [0.1, 0.15) is 20.8 Å². The number of hydrogen-bond donors (Lipinski definition) is 0. The highest BCUT2D eigenvalue weighted by Crippen LogP contribution is 2.12. The van der Waals surface area contributed by atoms with Crippen molar-refractivity contribution < 1.29 is 9.53 Å². The van der Waals surface area contributed by atoms with Crippen LogP contribution in [0.15, 0.2) is 0 Å². The van der Waals surface area contributed by atoms with E-state index in [0.717, 1.165) is 0 Å². The Morgan fingerprint density at radius 1 is 1.23 bits per heavy atom. The predicted molar refractivity (Wildman–Crippen MR) is 58.3 cm³/mol. The monoisotopic (exact) mass is 202 g/mol. The Bertz CT molecular complexity index is 170. The van der Waals surface area contributed by atoms with E-state index in [0.29, 0.717) is 12.1 Å². The number of carbonyl (C=O) groups excluding carboxylic acids is 1. The van der Waals surface area contributed by atoms with Gasteiger partial charge in [0.2, 0.25) is 0 Å². The first kappa shape index (κ1) is 12.7. The molecule has 0 aromatic carbocycles. The molecule has 0 aliphatic carbocycles. The molecule has 0 aromatic heterocycles. The van der Waals surface area contributed by atoms with Crippen molar-refractivity contribution in [2.24, 2.45) is 11.8 Å². The summed E-state index contributed by atoms with van der Waals surface area (Å²) in [4.78, 5) is 11.4. The van der Waals surface area contributed by atoms with Crippen LogP contribution < -0.4 is 0 Å². The van der Waals surface area contributed by atoms with E-state index >= 15 is 0 Å². The third-order valence-corrected chi connectivity index (χ3v) is 3.03. The minimum Gasteiger partial charge on any atom is -0.469 e. The summed E-state index contributed by atoms with van der Waals surface area (Å²) in [6, 6.07) is 0. The van der Waals surface area contributed by atoms with E-state index in [-0.39, 0.29) is 11.9 Å². The number of esters is 1. The molecule has 0 fully saturated rings. The van der Waals surface area contributed by atoms with Crippen molar-refractivity contribution in [3.8, 4) is 0 Å². The number of ether oxygens (including phenoxy) is 1. The van der Waals surface area contributed by atoms with Gasteiger partial charge in [-0.3, -0.25) is 4.79 Å².